The van der Waals surface area contributed by atoms with Crippen molar-refractivity contribution in [1.29, 1.82) is 0 Å². The minimum absolute atomic E-state index is 0.0855. The molecular formula is C16H23ClN2O4S. The van der Waals surface area contributed by atoms with Crippen LogP contribution in [0.1, 0.15) is 6.92 Å². The van der Waals surface area contributed by atoms with Crippen molar-refractivity contribution in [2.45, 2.75) is 13.0 Å². The second-order valence-electron chi connectivity index (χ2n) is 5.99. The molecule has 0 bridgehead atoms. The molecule has 1 atom stereocenters. The van der Waals surface area contributed by atoms with Crippen LogP contribution in [0.3, 0.4) is 0 Å². The van der Waals surface area contributed by atoms with Crippen molar-refractivity contribution < 1.29 is 17.9 Å². The lowest BCUT2D eigenvalue weighted by Gasteiger charge is -2.35. The van der Waals surface area contributed by atoms with Gasteiger partial charge in [-0.2, -0.15) is 0 Å². The first-order chi connectivity index (χ1) is 11.3. The van der Waals surface area contributed by atoms with Gasteiger partial charge in [-0.3, -0.25) is 9.69 Å². The maximum absolute atomic E-state index is 12.5. The molecule has 1 aromatic rings. The molecular weight excluding hydrogens is 352 g/mol. The van der Waals surface area contributed by atoms with Crippen LogP contribution < -0.4 is 4.74 Å². The molecule has 2 rings (SSSR count). The summed E-state index contributed by atoms with van der Waals surface area (Å²) < 4.78 is 28.1. The molecule has 1 unspecified atom stereocenters. The van der Waals surface area contributed by atoms with Gasteiger partial charge < -0.3 is 9.64 Å². The molecule has 1 fully saturated rings. The van der Waals surface area contributed by atoms with Crippen LogP contribution in [0.25, 0.3) is 0 Å². The van der Waals surface area contributed by atoms with Crippen LogP contribution in [-0.2, 0) is 14.6 Å². The van der Waals surface area contributed by atoms with E-state index in [1.165, 1.54) is 6.26 Å². The van der Waals surface area contributed by atoms with Crippen LogP contribution >= 0.6 is 11.6 Å². The molecule has 24 heavy (non-hydrogen) atoms. The first-order valence-corrected chi connectivity index (χ1v) is 10.3. The molecule has 1 aromatic carbocycles. The van der Waals surface area contributed by atoms with Gasteiger partial charge in [-0.15, -0.1) is 0 Å². The topological polar surface area (TPSA) is 66.9 Å². The zero-order valence-electron chi connectivity index (χ0n) is 13.9. The van der Waals surface area contributed by atoms with E-state index in [-0.39, 0.29) is 11.7 Å². The van der Waals surface area contributed by atoms with Gasteiger partial charge in [-0.25, -0.2) is 8.42 Å². The van der Waals surface area contributed by atoms with Crippen LogP contribution in [0.2, 0.25) is 5.02 Å². The molecule has 1 aliphatic heterocycles. The second kappa shape index (κ2) is 8.18. The van der Waals surface area contributed by atoms with Crippen molar-refractivity contribution in [3.8, 4) is 5.75 Å². The average molecular weight is 375 g/mol. The minimum Gasteiger partial charge on any atom is -0.479 e. The number of carbonyl (C=O) groups is 1. The molecule has 1 saturated heterocycles. The Balaban J connectivity index is 1.83. The third-order valence-electron chi connectivity index (χ3n) is 3.95. The van der Waals surface area contributed by atoms with Crippen LogP contribution in [0.15, 0.2) is 24.3 Å². The largest absolute Gasteiger partial charge is 0.479 e. The SMILES string of the molecule is CC(Oc1ccccc1Cl)C(=O)N1CCN(CCS(C)(=O)=O)CC1. The molecule has 0 radical (unpaired) electrons. The van der Waals surface area contributed by atoms with E-state index < -0.39 is 15.9 Å². The van der Waals surface area contributed by atoms with E-state index >= 15 is 0 Å². The molecule has 1 heterocycles. The standard InChI is InChI=1S/C16H23ClN2O4S/c1-13(23-15-6-4-3-5-14(15)17)16(20)19-9-7-18(8-10-19)11-12-24(2,21)22/h3-6,13H,7-12H2,1-2H3. The summed E-state index contributed by atoms with van der Waals surface area (Å²) in [6.07, 6.45) is 0.619. The number of rotatable bonds is 6. The summed E-state index contributed by atoms with van der Waals surface area (Å²) in [6, 6.07) is 7.06. The summed E-state index contributed by atoms with van der Waals surface area (Å²) >= 11 is 6.04. The molecule has 0 aliphatic carbocycles. The van der Waals surface area contributed by atoms with E-state index in [1.807, 2.05) is 0 Å². The number of benzene rings is 1. The van der Waals surface area contributed by atoms with Crippen LogP contribution in [0.4, 0.5) is 0 Å². The third-order valence-corrected chi connectivity index (χ3v) is 5.19. The Morgan fingerprint density at radius 3 is 2.46 bits per heavy atom. The Bertz CT molecular complexity index is 672. The molecule has 0 saturated carbocycles. The van der Waals surface area contributed by atoms with E-state index in [0.29, 0.717) is 43.5 Å². The van der Waals surface area contributed by atoms with Crippen LogP contribution in [0, 0.1) is 0 Å². The number of amides is 1. The van der Waals surface area contributed by atoms with Gasteiger partial charge in [0.15, 0.2) is 6.10 Å². The first kappa shape index (κ1) is 19.0. The van der Waals surface area contributed by atoms with Gasteiger partial charge in [-0.05, 0) is 19.1 Å². The highest BCUT2D eigenvalue weighted by molar-refractivity contribution is 7.90. The van der Waals surface area contributed by atoms with Gasteiger partial charge in [0.1, 0.15) is 15.6 Å². The lowest BCUT2D eigenvalue weighted by Crippen LogP contribution is -2.52. The Labute approximate surface area is 148 Å². The minimum atomic E-state index is -2.96. The van der Waals surface area contributed by atoms with Crippen molar-refractivity contribution in [2.75, 3.05) is 44.7 Å². The zero-order valence-corrected chi connectivity index (χ0v) is 15.5. The van der Waals surface area contributed by atoms with Crippen molar-refractivity contribution >= 4 is 27.3 Å². The number of hydrogen-bond acceptors (Lipinski definition) is 5. The van der Waals surface area contributed by atoms with Gasteiger partial charge >= 0.3 is 0 Å². The fourth-order valence-corrected chi connectivity index (χ4v) is 3.30. The molecule has 6 nitrogen and oxygen atoms in total. The van der Waals surface area contributed by atoms with Gasteiger partial charge in [0.2, 0.25) is 0 Å². The number of ether oxygens (including phenoxy) is 1. The predicted molar refractivity (Wildman–Crippen MR) is 94.3 cm³/mol. The van der Waals surface area contributed by atoms with Gasteiger partial charge in [0.25, 0.3) is 5.91 Å². The summed E-state index contributed by atoms with van der Waals surface area (Å²) in [5, 5.41) is 0.475. The highest BCUT2D eigenvalue weighted by Gasteiger charge is 2.26. The highest BCUT2D eigenvalue weighted by Crippen LogP contribution is 2.24. The monoisotopic (exact) mass is 374 g/mol. The van der Waals surface area contributed by atoms with Crippen molar-refractivity contribution in [3.63, 3.8) is 0 Å². The van der Waals surface area contributed by atoms with Gasteiger partial charge in [0.05, 0.1) is 10.8 Å². The predicted octanol–water partition coefficient (Wildman–Crippen LogP) is 1.30. The van der Waals surface area contributed by atoms with E-state index in [4.69, 9.17) is 16.3 Å². The van der Waals surface area contributed by atoms with Crippen LogP contribution in [0.5, 0.6) is 5.75 Å². The fourth-order valence-electron chi connectivity index (χ4n) is 2.53. The number of piperazine rings is 1. The smallest absolute Gasteiger partial charge is 0.263 e. The molecule has 1 aliphatic rings. The number of carbonyl (C=O) groups excluding carboxylic acids is 1. The van der Waals surface area contributed by atoms with E-state index in [9.17, 15) is 13.2 Å². The lowest BCUT2D eigenvalue weighted by molar-refractivity contribution is -0.139. The second-order valence-corrected chi connectivity index (χ2v) is 8.65. The Morgan fingerprint density at radius 2 is 1.88 bits per heavy atom. The average Bonchev–Trinajstić information content (AvgIpc) is 2.54. The summed E-state index contributed by atoms with van der Waals surface area (Å²) in [7, 11) is -2.96. The summed E-state index contributed by atoms with van der Waals surface area (Å²) in [5.74, 6) is 0.553. The first-order valence-electron chi connectivity index (χ1n) is 7.86. The fraction of sp³-hybridized carbons (Fsp3) is 0.562. The maximum Gasteiger partial charge on any atom is 0.263 e. The highest BCUT2D eigenvalue weighted by atomic mass is 35.5. The summed E-state index contributed by atoms with van der Waals surface area (Å²) in [5.41, 5.74) is 0. The number of sulfone groups is 1. The quantitative estimate of drug-likeness (QED) is 0.750. The van der Waals surface area contributed by atoms with Crippen molar-refractivity contribution in [3.05, 3.63) is 29.3 Å². The molecule has 8 heteroatoms. The van der Waals surface area contributed by atoms with Crippen LogP contribution in [-0.4, -0.2) is 75.0 Å². The lowest BCUT2D eigenvalue weighted by atomic mass is 10.2. The number of hydrogen-bond donors (Lipinski definition) is 0. The zero-order chi connectivity index (χ0) is 17.7. The van der Waals surface area contributed by atoms with E-state index in [1.54, 1.807) is 36.1 Å². The normalized spacial score (nSPS) is 17.5. The Morgan fingerprint density at radius 1 is 1.25 bits per heavy atom. The molecule has 0 aromatic heterocycles. The number of para-hydroxylation sites is 1. The van der Waals surface area contributed by atoms with Crippen molar-refractivity contribution in [1.82, 2.24) is 9.80 Å². The van der Waals surface area contributed by atoms with E-state index in [0.717, 1.165) is 0 Å². The third kappa shape index (κ3) is 5.65. The number of halogens is 1. The molecule has 1 amide bonds. The van der Waals surface area contributed by atoms with E-state index in [2.05, 4.69) is 4.90 Å². The van der Waals surface area contributed by atoms with Gasteiger partial charge in [-0.1, -0.05) is 23.7 Å². The summed E-state index contributed by atoms with van der Waals surface area (Å²) in [6.45, 7) is 4.69. The van der Waals surface area contributed by atoms with Gasteiger partial charge in [0, 0.05) is 39.0 Å². The van der Waals surface area contributed by atoms with Crippen molar-refractivity contribution in [2.24, 2.45) is 0 Å². The molecule has 134 valence electrons. The molecule has 0 spiro atoms. The molecule has 0 N–H and O–H groups in total. The Kier molecular flexibility index (Phi) is 6.48. The summed E-state index contributed by atoms with van der Waals surface area (Å²) in [4.78, 5) is 16.3. The number of nitrogens with zero attached hydrogens (tertiary/aromatic N) is 2. The maximum atomic E-state index is 12.5. The Hall–Kier alpha value is -1.31.